The molecule has 0 fully saturated rings. The highest BCUT2D eigenvalue weighted by Crippen LogP contribution is 2.23. The Kier molecular flexibility index (Phi) is 3.62. The lowest BCUT2D eigenvalue weighted by Gasteiger charge is -2.08. The van der Waals surface area contributed by atoms with Crippen LogP contribution in [0, 0.1) is 11.6 Å². The molecule has 0 spiro atoms. The number of carboxylic acid groups (broad SMARTS) is 1. The SMILES string of the molecule is O=C(O)c1cc(Nc2ccc(F)cc2F)ncc1Cl. The third-order valence-electron chi connectivity index (χ3n) is 2.28. The van der Waals surface area contributed by atoms with Gasteiger partial charge in [-0.3, -0.25) is 0 Å². The Balaban J connectivity index is 2.33. The molecule has 0 unspecified atom stereocenters. The van der Waals surface area contributed by atoms with E-state index >= 15 is 0 Å². The van der Waals surface area contributed by atoms with Crippen LogP contribution in [-0.2, 0) is 0 Å². The van der Waals surface area contributed by atoms with Crippen molar-refractivity contribution < 1.29 is 18.7 Å². The summed E-state index contributed by atoms with van der Waals surface area (Å²) in [6, 6.07) is 4.12. The predicted molar refractivity (Wildman–Crippen MR) is 65.8 cm³/mol. The third kappa shape index (κ3) is 2.97. The summed E-state index contributed by atoms with van der Waals surface area (Å²) in [5, 5.41) is 11.4. The fourth-order valence-corrected chi connectivity index (χ4v) is 1.58. The number of halogens is 3. The van der Waals surface area contributed by atoms with Crippen molar-refractivity contribution in [3.63, 3.8) is 0 Å². The zero-order chi connectivity index (χ0) is 14.0. The summed E-state index contributed by atoms with van der Waals surface area (Å²) in [5.41, 5.74) is -0.186. The lowest BCUT2D eigenvalue weighted by molar-refractivity contribution is 0.0697. The van der Waals surface area contributed by atoms with Gasteiger partial charge in [0.25, 0.3) is 0 Å². The molecule has 2 N–H and O–H groups in total. The first-order valence-electron chi connectivity index (χ1n) is 5.08. The summed E-state index contributed by atoms with van der Waals surface area (Å²) in [4.78, 5) is 14.7. The van der Waals surface area contributed by atoms with E-state index in [0.29, 0.717) is 6.07 Å². The Labute approximate surface area is 111 Å². The van der Waals surface area contributed by atoms with Crippen molar-refractivity contribution in [2.24, 2.45) is 0 Å². The third-order valence-corrected chi connectivity index (χ3v) is 2.58. The second-order valence-electron chi connectivity index (χ2n) is 3.60. The van der Waals surface area contributed by atoms with E-state index in [1.165, 1.54) is 6.07 Å². The molecule has 1 aromatic heterocycles. The minimum atomic E-state index is -1.23. The van der Waals surface area contributed by atoms with E-state index in [4.69, 9.17) is 16.7 Å². The normalized spacial score (nSPS) is 10.3. The summed E-state index contributed by atoms with van der Waals surface area (Å²) in [6.07, 6.45) is 1.13. The molecule has 98 valence electrons. The topological polar surface area (TPSA) is 62.2 Å². The highest BCUT2D eigenvalue weighted by atomic mass is 35.5. The van der Waals surface area contributed by atoms with Crippen molar-refractivity contribution in [2.75, 3.05) is 5.32 Å². The number of carbonyl (C=O) groups is 1. The molecular formula is C12H7ClF2N2O2. The number of aromatic carboxylic acids is 1. The van der Waals surface area contributed by atoms with Gasteiger partial charge in [-0.05, 0) is 18.2 Å². The second-order valence-corrected chi connectivity index (χ2v) is 4.01. The van der Waals surface area contributed by atoms with Crippen molar-refractivity contribution in [1.29, 1.82) is 0 Å². The minimum Gasteiger partial charge on any atom is -0.478 e. The molecule has 0 aliphatic rings. The average molecular weight is 285 g/mol. The molecule has 1 aromatic carbocycles. The molecule has 0 saturated heterocycles. The van der Waals surface area contributed by atoms with Gasteiger partial charge in [0, 0.05) is 12.3 Å². The molecule has 19 heavy (non-hydrogen) atoms. The van der Waals surface area contributed by atoms with E-state index in [0.717, 1.165) is 18.3 Å². The molecular weight excluding hydrogens is 278 g/mol. The lowest BCUT2D eigenvalue weighted by atomic mass is 10.2. The summed E-state index contributed by atoms with van der Waals surface area (Å²) in [5.74, 6) is -2.66. The molecule has 0 aliphatic carbocycles. The van der Waals surface area contributed by atoms with Crippen LogP contribution in [0.4, 0.5) is 20.3 Å². The van der Waals surface area contributed by atoms with E-state index in [2.05, 4.69) is 10.3 Å². The Morgan fingerprint density at radius 1 is 1.32 bits per heavy atom. The van der Waals surface area contributed by atoms with E-state index in [1.807, 2.05) is 0 Å². The van der Waals surface area contributed by atoms with Crippen LogP contribution in [0.5, 0.6) is 0 Å². The highest BCUT2D eigenvalue weighted by Gasteiger charge is 2.11. The van der Waals surface area contributed by atoms with Crippen molar-refractivity contribution in [3.05, 3.63) is 52.7 Å². The minimum absolute atomic E-state index is 0.0208. The fourth-order valence-electron chi connectivity index (χ4n) is 1.40. The van der Waals surface area contributed by atoms with Crippen molar-refractivity contribution in [1.82, 2.24) is 4.98 Å². The highest BCUT2D eigenvalue weighted by molar-refractivity contribution is 6.33. The maximum Gasteiger partial charge on any atom is 0.337 e. The number of nitrogens with one attached hydrogen (secondary N) is 1. The molecule has 0 aliphatic heterocycles. The van der Waals surface area contributed by atoms with E-state index in [9.17, 15) is 13.6 Å². The van der Waals surface area contributed by atoms with Crippen LogP contribution in [0.25, 0.3) is 0 Å². The van der Waals surface area contributed by atoms with E-state index in [1.54, 1.807) is 0 Å². The van der Waals surface area contributed by atoms with Gasteiger partial charge in [-0.25, -0.2) is 18.6 Å². The number of hydrogen-bond donors (Lipinski definition) is 2. The van der Waals surface area contributed by atoms with Crippen LogP contribution in [0.15, 0.2) is 30.5 Å². The lowest BCUT2D eigenvalue weighted by Crippen LogP contribution is -2.02. The standard InChI is InChI=1S/C12H7ClF2N2O2/c13-8-5-16-11(4-7(8)12(18)19)17-10-2-1-6(14)3-9(10)15/h1-5H,(H,16,17)(H,18,19). The van der Waals surface area contributed by atoms with Gasteiger partial charge >= 0.3 is 5.97 Å². The van der Waals surface area contributed by atoms with E-state index < -0.39 is 17.6 Å². The average Bonchev–Trinajstić information content (AvgIpc) is 2.34. The Morgan fingerprint density at radius 3 is 2.68 bits per heavy atom. The van der Waals surface area contributed by atoms with Crippen LogP contribution in [0.2, 0.25) is 5.02 Å². The number of nitrogens with zero attached hydrogens (tertiary/aromatic N) is 1. The van der Waals surface area contributed by atoms with Crippen molar-refractivity contribution in [3.8, 4) is 0 Å². The summed E-state index contributed by atoms with van der Waals surface area (Å²) in [7, 11) is 0. The van der Waals surface area contributed by atoms with Gasteiger partial charge in [0.05, 0.1) is 16.3 Å². The molecule has 7 heteroatoms. The first kappa shape index (κ1) is 13.2. The number of aromatic nitrogens is 1. The van der Waals surface area contributed by atoms with Gasteiger partial charge in [0.1, 0.15) is 17.5 Å². The van der Waals surface area contributed by atoms with Crippen LogP contribution in [0.1, 0.15) is 10.4 Å². The number of pyridine rings is 1. The Morgan fingerprint density at radius 2 is 2.05 bits per heavy atom. The van der Waals surface area contributed by atoms with Gasteiger partial charge in [0.2, 0.25) is 0 Å². The van der Waals surface area contributed by atoms with Gasteiger partial charge in [0.15, 0.2) is 0 Å². The number of carboxylic acids is 1. The van der Waals surface area contributed by atoms with Crippen LogP contribution in [-0.4, -0.2) is 16.1 Å². The maximum absolute atomic E-state index is 13.4. The molecule has 2 rings (SSSR count). The summed E-state index contributed by atoms with van der Waals surface area (Å²) < 4.78 is 26.1. The molecule has 1 heterocycles. The Hall–Kier alpha value is -2.21. The van der Waals surface area contributed by atoms with Gasteiger partial charge in [-0.15, -0.1) is 0 Å². The van der Waals surface area contributed by atoms with Gasteiger partial charge in [-0.1, -0.05) is 11.6 Å². The number of anilines is 2. The first-order chi connectivity index (χ1) is 8.97. The van der Waals surface area contributed by atoms with E-state index in [-0.39, 0.29) is 22.1 Å². The van der Waals surface area contributed by atoms with Gasteiger partial charge < -0.3 is 10.4 Å². The first-order valence-corrected chi connectivity index (χ1v) is 5.46. The second kappa shape index (κ2) is 5.19. The quantitative estimate of drug-likeness (QED) is 0.906. The number of rotatable bonds is 3. The van der Waals surface area contributed by atoms with Crippen molar-refractivity contribution in [2.45, 2.75) is 0 Å². The molecule has 0 radical (unpaired) electrons. The number of hydrogen-bond acceptors (Lipinski definition) is 3. The molecule has 0 atom stereocenters. The zero-order valence-electron chi connectivity index (χ0n) is 9.32. The maximum atomic E-state index is 13.4. The van der Waals surface area contributed by atoms with Crippen LogP contribution in [0.3, 0.4) is 0 Å². The van der Waals surface area contributed by atoms with Crippen LogP contribution >= 0.6 is 11.6 Å². The molecule has 0 bridgehead atoms. The summed E-state index contributed by atoms with van der Waals surface area (Å²) >= 11 is 5.65. The smallest absolute Gasteiger partial charge is 0.337 e. The Bertz CT molecular complexity index is 650. The fraction of sp³-hybridized carbons (Fsp3) is 0. The largest absolute Gasteiger partial charge is 0.478 e. The zero-order valence-corrected chi connectivity index (χ0v) is 10.1. The number of benzene rings is 1. The molecule has 0 amide bonds. The molecule has 4 nitrogen and oxygen atoms in total. The van der Waals surface area contributed by atoms with Gasteiger partial charge in [-0.2, -0.15) is 0 Å². The van der Waals surface area contributed by atoms with Crippen molar-refractivity contribution >= 4 is 29.1 Å². The molecule has 2 aromatic rings. The van der Waals surface area contributed by atoms with Crippen LogP contribution < -0.4 is 5.32 Å². The summed E-state index contributed by atoms with van der Waals surface area (Å²) in [6.45, 7) is 0. The predicted octanol–water partition coefficient (Wildman–Crippen LogP) is 3.46. The monoisotopic (exact) mass is 284 g/mol. The molecule has 0 saturated carbocycles.